The molecule has 0 aliphatic rings. The van der Waals surface area contributed by atoms with Gasteiger partial charge in [0.25, 0.3) is 5.56 Å². The number of nitrogens with two attached hydrogens (primary N) is 1. The van der Waals surface area contributed by atoms with Crippen LogP contribution in [0.5, 0.6) is 0 Å². The molecule has 0 radical (unpaired) electrons. The first kappa shape index (κ1) is 26.3. The first-order chi connectivity index (χ1) is 14.8. The van der Waals surface area contributed by atoms with Crippen LogP contribution in [0.1, 0.15) is 30.8 Å². The van der Waals surface area contributed by atoms with Crippen LogP contribution in [0.3, 0.4) is 0 Å². The number of aromatic nitrogens is 3. The van der Waals surface area contributed by atoms with Crippen molar-refractivity contribution in [1.82, 2.24) is 14.0 Å². The minimum atomic E-state index is -5.94. The number of imidazole rings is 1. The molecule has 0 saturated carbocycles. The normalized spacial score (nSPS) is 14.6. The molecule has 7 nitrogen and oxygen atoms in total. The summed E-state index contributed by atoms with van der Waals surface area (Å²) in [5.74, 6) is -5.73. The lowest BCUT2D eigenvalue weighted by atomic mass is 10.1. The Hall–Kier alpha value is -2.97. The lowest BCUT2D eigenvalue weighted by Crippen LogP contribution is -2.39. The van der Waals surface area contributed by atoms with Gasteiger partial charge in [0, 0.05) is 29.9 Å². The van der Waals surface area contributed by atoms with E-state index in [-0.39, 0.29) is 18.5 Å². The van der Waals surface area contributed by atoms with Crippen LogP contribution in [0.15, 0.2) is 22.2 Å². The smallest absolute Gasteiger partial charge is 0.404 e. The zero-order chi connectivity index (χ0) is 25.6. The predicted molar refractivity (Wildman–Crippen MR) is 102 cm³/mol. The van der Waals surface area contributed by atoms with Crippen molar-refractivity contribution in [3.63, 3.8) is 0 Å². The minimum Gasteiger partial charge on any atom is -0.404 e. The Morgan fingerprint density at radius 1 is 1.18 bits per heavy atom. The zero-order valence-corrected chi connectivity index (χ0v) is 17.4. The fourth-order valence-electron chi connectivity index (χ4n) is 2.83. The number of hydrogen-bond acceptors (Lipinski definition) is 5. The quantitative estimate of drug-likeness (QED) is 0.481. The van der Waals surface area contributed by atoms with Crippen molar-refractivity contribution in [3.05, 3.63) is 39.7 Å². The first-order valence-electron chi connectivity index (χ1n) is 9.09. The van der Waals surface area contributed by atoms with Gasteiger partial charge in [-0.3, -0.25) is 14.2 Å². The van der Waals surface area contributed by atoms with Gasteiger partial charge in [0.05, 0.1) is 17.7 Å². The van der Waals surface area contributed by atoms with Crippen LogP contribution in [0.25, 0.3) is 11.4 Å². The highest BCUT2D eigenvalue weighted by Gasteiger charge is 2.57. The van der Waals surface area contributed by atoms with E-state index >= 15 is 0 Å². The number of allylic oxidation sites excluding steroid dienone is 1. The SMILES string of the molecule is Cc1cn2c(=O)c(C(C=NCC(F)(F)C(F)(F)F)=CN)c(C(F)(F)F)nc2n1CC(C)(C)O. The Kier molecular flexibility index (Phi) is 6.71. The number of alkyl halides is 8. The zero-order valence-electron chi connectivity index (χ0n) is 17.4. The van der Waals surface area contributed by atoms with Crippen molar-refractivity contribution >= 4 is 17.6 Å². The summed E-state index contributed by atoms with van der Waals surface area (Å²) >= 11 is 0. The minimum absolute atomic E-state index is 0.223. The molecule has 0 aliphatic carbocycles. The van der Waals surface area contributed by atoms with Gasteiger partial charge >= 0.3 is 18.3 Å². The molecule has 0 aromatic carbocycles. The summed E-state index contributed by atoms with van der Waals surface area (Å²) in [6, 6.07) is 0. The molecule has 184 valence electrons. The molecule has 2 aromatic heterocycles. The third-order valence-electron chi connectivity index (χ3n) is 4.30. The highest BCUT2D eigenvalue weighted by Crippen LogP contribution is 2.36. The van der Waals surface area contributed by atoms with Crippen LogP contribution >= 0.6 is 0 Å². The molecule has 33 heavy (non-hydrogen) atoms. The van der Waals surface area contributed by atoms with Gasteiger partial charge in [0.1, 0.15) is 6.54 Å². The van der Waals surface area contributed by atoms with Gasteiger partial charge in [-0.2, -0.15) is 35.1 Å². The van der Waals surface area contributed by atoms with Gasteiger partial charge in [-0.25, -0.2) is 4.98 Å². The topological polar surface area (TPSA) is 97.9 Å². The standard InChI is InChI=1S/C18H19F8N5O2/c1-9-6-30-13(32)11(10(4-27)5-28-7-16(19,20)18(24,25)26)12(17(21,22)23)29-14(30)31(9)8-15(2,3)33/h4-6,33H,7-8,27H2,1-3H3. The van der Waals surface area contributed by atoms with Crippen molar-refractivity contribution in [1.29, 1.82) is 0 Å². The van der Waals surface area contributed by atoms with Crippen LogP contribution in [0.4, 0.5) is 35.1 Å². The summed E-state index contributed by atoms with van der Waals surface area (Å²) in [6.45, 7) is 1.83. The number of aryl methyl sites for hydroxylation is 1. The predicted octanol–water partition coefficient (Wildman–Crippen LogP) is 3.16. The molecule has 0 bridgehead atoms. The van der Waals surface area contributed by atoms with Crippen LogP contribution in [-0.4, -0.2) is 49.5 Å². The average Bonchev–Trinajstić information content (AvgIpc) is 2.92. The Morgan fingerprint density at radius 2 is 1.76 bits per heavy atom. The second-order valence-electron chi connectivity index (χ2n) is 7.77. The largest absolute Gasteiger partial charge is 0.455 e. The summed E-state index contributed by atoms with van der Waals surface area (Å²) in [7, 11) is 0. The molecular formula is C18H19F8N5O2. The lowest BCUT2D eigenvalue weighted by molar-refractivity contribution is -0.276. The van der Waals surface area contributed by atoms with Gasteiger partial charge in [-0.15, -0.1) is 0 Å². The number of rotatable bonds is 6. The van der Waals surface area contributed by atoms with E-state index in [0.717, 1.165) is 10.8 Å². The molecule has 0 aliphatic heterocycles. The molecule has 2 aromatic rings. The molecule has 2 rings (SSSR count). The second-order valence-corrected chi connectivity index (χ2v) is 7.77. The van der Waals surface area contributed by atoms with Crippen LogP contribution < -0.4 is 11.3 Å². The Balaban J connectivity index is 2.72. The number of fused-ring (bicyclic) bond motifs is 1. The Labute approximate surface area is 180 Å². The van der Waals surface area contributed by atoms with Crippen LogP contribution in [0, 0.1) is 6.92 Å². The summed E-state index contributed by atoms with van der Waals surface area (Å²) in [4.78, 5) is 19.2. The van der Waals surface area contributed by atoms with Crippen LogP contribution in [-0.2, 0) is 12.7 Å². The fraction of sp³-hybridized carbons (Fsp3) is 0.500. The van der Waals surface area contributed by atoms with E-state index in [1.165, 1.54) is 20.8 Å². The van der Waals surface area contributed by atoms with Gasteiger partial charge in [0.15, 0.2) is 5.69 Å². The highest BCUT2D eigenvalue weighted by atomic mass is 19.4. The van der Waals surface area contributed by atoms with Crippen molar-refractivity contribution in [2.75, 3.05) is 6.54 Å². The van der Waals surface area contributed by atoms with Crippen LogP contribution in [0.2, 0.25) is 0 Å². The maximum atomic E-state index is 13.7. The van der Waals surface area contributed by atoms with E-state index in [9.17, 15) is 45.0 Å². The Morgan fingerprint density at radius 3 is 2.21 bits per heavy atom. The third-order valence-corrected chi connectivity index (χ3v) is 4.30. The molecule has 0 atom stereocenters. The van der Waals surface area contributed by atoms with Gasteiger partial charge in [-0.05, 0) is 20.8 Å². The summed E-state index contributed by atoms with van der Waals surface area (Å²) in [5, 5.41) is 10.0. The van der Waals surface area contributed by atoms with Crippen molar-refractivity contribution in [2.45, 2.75) is 51.2 Å². The first-order valence-corrected chi connectivity index (χ1v) is 9.09. The van der Waals surface area contributed by atoms with E-state index in [1.807, 2.05) is 0 Å². The molecule has 2 heterocycles. The third kappa shape index (κ3) is 5.51. The molecule has 0 fully saturated rings. The highest BCUT2D eigenvalue weighted by molar-refractivity contribution is 6.10. The lowest BCUT2D eigenvalue weighted by Gasteiger charge is -2.20. The van der Waals surface area contributed by atoms with E-state index in [1.54, 1.807) is 0 Å². The molecule has 15 heteroatoms. The molecule has 0 unspecified atom stereocenters. The summed E-state index contributed by atoms with van der Waals surface area (Å²) in [6.07, 6.45) is -9.41. The monoisotopic (exact) mass is 489 g/mol. The van der Waals surface area contributed by atoms with E-state index in [4.69, 9.17) is 5.73 Å². The second kappa shape index (κ2) is 8.43. The van der Waals surface area contributed by atoms with Crippen molar-refractivity contribution in [2.24, 2.45) is 10.7 Å². The summed E-state index contributed by atoms with van der Waals surface area (Å²) in [5.41, 5.74) is -1.03. The average molecular weight is 489 g/mol. The molecule has 3 N–H and O–H groups in total. The van der Waals surface area contributed by atoms with Gasteiger partial charge in [-0.1, -0.05) is 0 Å². The molecular weight excluding hydrogens is 470 g/mol. The van der Waals surface area contributed by atoms with Crippen molar-refractivity contribution in [3.8, 4) is 0 Å². The number of nitrogens with zero attached hydrogens (tertiary/aromatic N) is 4. The van der Waals surface area contributed by atoms with E-state index in [2.05, 4.69) is 9.98 Å². The van der Waals surface area contributed by atoms with E-state index < -0.39 is 58.6 Å². The molecule has 0 saturated heterocycles. The van der Waals surface area contributed by atoms with Gasteiger partial charge in [0.2, 0.25) is 5.78 Å². The maximum absolute atomic E-state index is 13.7. The maximum Gasteiger partial charge on any atom is 0.455 e. The number of halogens is 8. The van der Waals surface area contributed by atoms with E-state index in [0.29, 0.717) is 10.6 Å². The number of aliphatic hydroxyl groups is 1. The van der Waals surface area contributed by atoms with Gasteiger partial charge < -0.3 is 15.4 Å². The Bertz CT molecular complexity index is 1150. The fourth-order valence-corrected chi connectivity index (χ4v) is 2.83. The molecule has 0 amide bonds. The number of hydrogen-bond donors (Lipinski definition) is 2. The molecule has 0 spiro atoms. The summed E-state index contributed by atoms with van der Waals surface area (Å²) < 4.78 is 106. The van der Waals surface area contributed by atoms with Crippen molar-refractivity contribution < 1.29 is 40.2 Å². The number of aliphatic imine (C=N–C) groups is 1.